The van der Waals surface area contributed by atoms with Crippen LogP contribution in [0.5, 0.6) is 0 Å². The van der Waals surface area contributed by atoms with Crippen LogP contribution in [0, 0.1) is 19.8 Å². The molecule has 0 aromatic carbocycles. The third-order valence-corrected chi connectivity index (χ3v) is 6.00. The van der Waals surface area contributed by atoms with Crippen molar-refractivity contribution in [2.75, 3.05) is 6.54 Å². The van der Waals surface area contributed by atoms with Gasteiger partial charge in [0.05, 0.1) is 0 Å². The van der Waals surface area contributed by atoms with E-state index in [1.54, 1.807) is 6.92 Å². The van der Waals surface area contributed by atoms with E-state index in [2.05, 4.69) is 17.0 Å². The Hall–Kier alpha value is -0.850. The van der Waals surface area contributed by atoms with E-state index in [0.29, 0.717) is 28.9 Å². The Morgan fingerprint density at radius 1 is 1.24 bits per heavy atom. The maximum atomic E-state index is 12.8. The summed E-state index contributed by atoms with van der Waals surface area (Å²) in [6.07, 6.45) is 3.08. The molecule has 1 aromatic heterocycles. The van der Waals surface area contributed by atoms with Crippen LogP contribution in [-0.4, -0.2) is 21.0 Å². The van der Waals surface area contributed by atoms with Crippen molar-refractivity contribution in [1.82, 2.24) is 10.0 Å². The van der Waals surface area contributed by atoms with Crippen molar-refractivity contribution < 1.29 is 12.8 Å². The van der Waals surface area contributed by atoms with Crippen LogP contribution in [0.25, 0.3) is 0 Å². The van der Waals surface area contributed by atoms with Crippen LogP contribution in [0.15, 0.2) is 9.31 Å². The van der Waals surface area contributed by atoms with Gasteiger partial charge in [-0.1, -0.05) is 20.3 Å². The summed E-state index contributed by atoms with van der Waals surface area (Å²) in [7, 11) is -3.53. The average molecular weight is 314 g/mol. The molecule has 2 rings (SSSR count). The van der Waals surface area contributed by atoms with Crippen molar-refractivity contribution in [3.8, 4) is 0 Å². The minimum absolute atomic E-state index is 0.0385. The Kier molecular flexibility index (Phi) is 5.11. The molecule has 0 bridgehead atoms. The molecule has 0 radical (unpaired) electrons. The van der Waals surface area contributed by atoms with Crippen LogP contribution in [0.3, 0.4) is 0 Å². The molecular weight excluding hydrogens is 288 g/mol. The highest BCUT2D eigenvalue weighted by Crippen LogP contribution is 2.30. The predicted molar refractivity (Wildman–Crippen MR) is 82.7 cm³/mol. The molecule has 5 nitrogen and oxygen atoms in total. The van der Waals surface area contributed by atoms with E-state index in [9.17, 15) is 8.42 Å². The van der Waals surface area contributed by atoms with Gasteiger partial charge in [0.2, 0.25) is 10.0 Å². The average Bonchev–Trinajstić information content (AvgIpc) is 2.91. The van der Waals surface area contributed by atoms with Crippen molar-refractivity contribution >= 4 is 10.0 Å². The number of furan rings is 1. The molecule has 0 amide bonds. The van der Waals surface area contributed by atoms with Crippen LogP contribution >= 0.6 is 0 Å². The van der Waals surface area contributed by atoms with Crippen LogP contribution in [0.2, 0.25) is 0 Å². The molecule has 2 N–H and O–H groups in total. The van der Waals surface area contributed by atoms with Gasteiger partial charge in [-0.15, -0.1) is 0 Å². The molecule has 1 heterocycles. The minimum Gasteiger partial charge on any atom is -0.465 e. The summed E-state index contributed by atoms with van der Waals surface area (Å²) >= 11 is 0. The van der Waals surface area contributed by atoms with Crippen LogP contribution in [-0.2, 0) is 16.6 Å². The fourth-order valence-corrected chi connectivity index (χ4v) is 4.92. The van der Waals surface area contributed by atoms with Gasteiger partial charge in [-0.2, -0.15) is 0 Å². The lowest BCUT2D eigenvalue weighted by atomic mass is 10.1. The van der Waals surface area contributed by atoms with E-state index in [-0.39, 0.29) is 6.04 Å². The van der Waals surface area contributed by atoms with Gasteiger partial charge >= 0.3 is 0 Å². The first-order valence-electron chi connectivity index (χ1n) is 7.68. The summed E-state index contributed by atoms with van der Waals surface area (Å²) < 4.78 is 33.9. The van der Waals surface area contributed by atoms with E-state index >= 15 is 0 Å². The molecule has 1 aliphatic carbocycles. The first kappa shape index (κ1) is 16.5. The lowest BCUT2D eigenvalue weighted by Crippen LogP contribution is -2.37. The highest BCUT2D eigenvalue weighted by molar-refractivity contribution is 7.89. The monoisotopic (exact) mass is 314 g/mol. The Balaban J connectivity index is 2.30. The van der Waals surface area contributed by atoms with Gasteiger partial charge in [-0.3, -0.25) is 0 Å². The number of sulfonamides is 1. The fourth-order valence-electron chi connectivity index (χ4n) is 3.09. The lowest BCUT2D eigenvalue weighted by Gasteiger charge is -2.18. The summed E-state index contributed by atoms with van der Waals surface area (Å²) in [5, 5.41) is 3.18. The molecule has 2 unspecified atom stereocenters. The van der Waals surface area contributed by atoms with Gasteiger partial charge in [-0.05, 0) is 39.2 Å². The zero-order valence-electron chi connectivity index (χ0n) is 13.3. The molecule has 1 aliphatic rings. The van der Waals surface area contributed by atoms with Crippen molar-refractivity contribution in [2.24, 2.45) is 5.92 Å². The van der Waals surface area contributed by atoms with Crippen molar-refractivity contribution in [3.05, 3.63) is 17.1 Å². The molecule has 0 spiro atoms. The third-order valence-electron chi connectivity index (χ3n) is 4.31. The Bertz CT molecular complexity index is 592. The van der Waals surface area contributed by atoms with Crippen LogP contribution < -0.4 is 10.0 Å². The lowest BCUT2D eigenvalue weighted by molar-refractivity contribution is 0.472. The second-order valence-corrected chi connectivity index (χ2v) is 7.59. The molecule has 1 fully saturated rings. The topological polar surface area (TPSA) is 71.3 Å². The Morgan fingerprint density at radius 2 is 1.95 bits per heavy atom. The van der Waals surface area contributed by atoms with Gasteiger partial charge in [0, 0.05) is 18.2 Å². The zero-order chi connectivity index (χ0) is 15.6. The standard InChI is InChI=1S/C15H26N2O3S/c1-5-16-9-13-11(3)20-12(4)15(13)21(18,19)17-14-8-6-7-10(14)2/h10,14,16-17H,5-9H2,1-4H3. The maximum Gasteiger partial charge on any atom is 0.244 e. The van der Waals surface area contributed by atoms with Crippen molar-refractivity contribution in [2.45, 2.75) is 64.4 Å². The van der Waals surface area contributed by atoms with E-state index in [1.165, 1.54) is 0 Å². The summed E-state index contributed by atoms with van der Waals surface area (Å²) in [5.74, 6) is 1.54. The highest BCUT2D eigenvalue weighted by atomic mass is 32.2. The van der Waals surface area contributed by atoms with Crippen molar-refractivity contribution in [3.63, 3.8) is 0 Å². The summed E-state index contributed by atoms with van der Waals surface area (Å²) in [6.45, 7) is 8.93. The molecular formula is C15H26N2O3S. The van der Waals surface area contributed by atoms with Gasteiger partial charge in [0.15, 0.2) is 0 Å². The number of rotatable bonds is 6. The van der Waals surface area contributed by atoms with Gasteiger partial charge in [-0.25, -0.2) is 13.1 Å². The summed E-state index contributed by atoms with van der Waals surface area (Å²) in [4.78, 5) is 0.319. The third kappa shape index (κ3) is 3.49. The van der Waals surface area contributed by atoms with Gasteiger partial charge in [0.25, 0.3) is 0 Å². The molecule has 2 atom stereocenters. The number of aryl methyl sites for hydroxylation is 2. The minimum atomic E-state index is -3.53. The Labute approximate surface area is 127 Å². The van der Waals surface area contributed by atoms with Crippen molar-refractivity contribution in [1.29, 1.82) is 0 Å². The smallest absolute Gasteiger partial charge is 0.244 e. The van der Waals surface area contributed by atoms with Crippen LogP contribution in [0.4, 0.5) is 0 Å². The first-order valence-corrected chi connectivity index (χ1v) is 9.17. The Morgan fingerprint density at radius 3 is 2.52 bits per heavy atom. The van der Waals surface area contributed by atoms with Crippen LogP contribution in [0.1, 0.15) is 50.2 Å². The largest absolute Gasteiger partial charge is 0.465 e. The molecule has 0 aliphatic heterocycles. The number of nitrogens with one attached hydrogen (secondary N) is 2. The van der Waals surface area contributed by atoms with E-state index < -0.39 is 10.0 Å². The second-order valence-electron chi connectivity index (χ2n) is 5.94. The van der Waals surface area contributed by atoms with Gasteiger partial charge in [0.1, 0.15) is 16.4 Å². The first-order chi connectivity index (χ1) is 9.86. The van der Waals surface area contributed by atoms with E-state index in [1.807, 2.05) is 13.8 Å². The molecule has 1 aromatic rings. The van der Waals surface area contributed by atoms with E-state index in [4.69, 9.17) is 4.42 Å². The highest BCUT2D eigenvalue weighted by Gasteiger charge is 2.32. The number of hydrogen-bond acceptors (Lipinski definition) is 4. The second kappa shape index (κ2) is 6.50. The summed E-state index contributed by atoms with van der Waals surface area (Å²) in [5.41, 5.74) is 0.743. The number of hydrogen-bond donors (Lipinski definition) is 2. The summed E-state index contributed by atoms with van der Waals surface area (Å²) in [6, 6.07) is 0.0385. The molecule has 21 heavy (non-hydrogen) atoms. The zero-order valence-corrected chi connectivity index (χ0v) is 14.1. The molecule has 1 saturated carbocycles. The normalized spacial score (nSPS) is 22.9. The van der Waals surface area contributed by atoms with Gasteiger partial charge < -0.3 is 9.73 Å². The quantitative estimate of drug-likeness (QED) is 0.846. The molecule has 0 saturated heterocycles. The molecule has 120 valence electrons. The predicted octanol–water partition coefficient (Wildman–Crippen LogP) is 2.47. The van der Waals surface area contributed by atoms with E-state index in [0.717, 1.165) is 31.4 Å². The molecule has 6 heteroatoms. The maximum absolute atomic E-state index is 12.8. The fraction of sp³-hybridized carbons (Fsp3) is 0.733. The SMILES string of the molecule is CCNCc1c(C)oc(C)c1S(=O)(=O)NC1CCCC1C.